The summed E-state index contributed by atoms with van der Waals surface area (Å²) in [5, 5.41) is 7.69. The monoisotopic (exact) mass is 571 g/mol. The highest BCUT2D eigenvalue weighted by atomic mass is 15.2. The Hall–Kier alpha value is -5.02. The Bertz CT molecular complexity index is 1850. The number of anilines is 3. The molecule has 0 radical (unpaired) electrons. The Morgan fingerprint density at radius 1 is 0.818 bits per heavy atom. The van der Waals surface area contributed by atoms with Gasteiger partial charge in [-0.15, -0.1) is 0 Å². The topological polar surface area (TPSA) is 27.3 Å². The first-order chi connectivity index (χ1) is 21.7. The maximum atomic E-state index is 3.88. The molecule has 0 bridgehead atoms. The Morgan fingerprint density at radius 2 is 1.61 bits per heavy atom. The number of rotatable bonds is 7. The zero-order chi connectivity index (χ0) is 29.5. The molecule has 4 aromatic rings. The van der Waals surface area contributed by atoms with Gasteiger partial charge in [0.1, 0.15) is 0 Å². The summed E-state index contributed by atoms with van der Waals surface area (Å²) in [4.78, 5) is 2.60. The maximum absolute atomic E-state index is 3.88. The zero-order valence-electron chi connectivity index (χ0n) is 25.0. The third kappa shape index (κ3) is 4.60. The molecule has 2 N–H and O–H groups in total. The third-order valence-electron chi connectivity index (χ3n) is 9.74. The van der Waals surface area contributed by atoms with Crippen molar-refractivity contribution in [1.82, 2.24) is 4.90 Å². The number of hydrogen-bond donors (Lipinski definition) is 2. The van der Waals surface area contributed by atoms with Crippen LogP contribution in [0.2, 0.25) is 0 Å². The Morgan fingerprint density at radius 3 is 2.43 bits per heavy atom. The minimum absolute atomic E-state index is 0.0764. The molecule has 0 fully saturated rings. The maximum Gasteiger partial charge on any atom is 0.0703 e. The van der Waals surface area contributed by atoms with Crippen molar-refractivity contribution in [1.29, 1.82) is 0 Å². The molecule has 0 saturated heterocycles. The molecule has 3 heteroatoms. The molecule has 0 aromatic heterocycles. The van der Waals surface area contributed by atoms with Gasteiger partial charge in [0.25, 0.3) is 0 Å². The van der Waals surface area contributed by atoms with E-state index in [1.807, 2.05) is 0 Å². The standard InChI is InChI=1S/C41H37N3/c1-41-25-12-11-22-38(41)43-40-35(41)24-23-34(39(40)42-33-20-9-4-10-21-33)32-19-13-14-29(26-32)28-44-36(30-15-5-2-6-16-30)27-37(44)31-17-7-3-8-18-31/h2-17,19-27,31,37-38,42-43H,18,28H2,1H3. The summed E-state index contributed by atoms with van der Waals surface area (Å²) in [7, 11) is 0. The predicted molar refractivity (Wildman–Crippen MR) is 185 cm³/mol. The number of allylic oxidation sites excluding steroid dienone is 5. The lowest BCUT2D eigenvalue weighted by molar-refractivity contribution is 0.242. The van der Waals surface area contributed by atoms with E-state index in [1.165, 1.54) is 39.2 Å². The average molecular weight is 572 g/mol. The lowest BCUT2D eigenvalue weighted by Crippen LogP contribution is -2.44. The smallest absolute Gasteiger partial charge is 0.0703 e. The van der Waals surface area contributed by atoms with Gasteiger partial charge in [0.15, 0.2) is 0 Å². The van der Waals surface area contributed by atoms with E-state index < -0.39 is 0 Å². The number of hydrogen-bond acceptors (Lipinski definition) is 3. The highest BCUT2D eigenvalue weighted by Crippen LogP contribution is 2.51. The van der Waals surface area contributed by atoms with Gasteiger partial charge in [-0.2, -0.15) is 0 Å². The highest BCUT2D eigenvalue weighted by molar-refractivity contribution is 5.94. The molecule has 0 saturated carbocycles. The Kier molecular flexibility index (Phi) is 6.60. The van der Waals surface area contributed by atoms with Crippen molar-refractivity contribution in [3.63, 3.8) is 0 Å². The van der Waals surface area contributed by atoms with E-state index >= 15 is 0 Å². The van der Waals surface area contributed by atoms with Crippen molar-refractivity contribution in [3.8, 4) is 11.1 Å². The van der Waals surface area contributed by atoms with Crippen molar-refractivity contribution < 1.29 is 0 Å². The van der Waals surface area contributed by atoms with Crippen LogP contribution in [0.25, 0.3) is 16.8 Å². The van der Waals surface area contributed by atoms with E-state index in [4.69, 9.17) is 0 Å². The molecule has 4 aliphatic rings. The minimum atomic E-state index is -0.0764. The Labute approximate surface area is 260 Å². The van der Waals surface area contributed by atoms with Crippen LogP contribution in [-0.4, -0.2) is 17.0 Å². The van der Waals surface area contributed by atoms with Crippen molar-refractivity contribution >= 4 is 22.8 Å². The summed E-state index contributed by atoms with van der Waals surface area (Å²) in [5.74, 6) is 0.494. The SMILES string of the molecule is CC12C=CC=CC1Nc1c2ccc(-c2cccc(CN3C(c4ccccc4)=CC3C3C=CC=CC3)c2)c1Nc1ccccc1. The van der Waals surface area contributed by atoms with Gasteiger partial charge in [-0.3, -0.25) is 0 Å². The molecular weight excluding hydrogens is 534 g/mol. The van der Waals surface area contributed by atoms with Crippen molar-refractivity contribution in [3.05, 3.63) is 168 Å². The molecular formula is C41H37N3. The fraction of sp³-hybridized carbons (Fsp3) is 0.171. The number of para-hydroxylation sites is 1. The fourth-order valence-corrected chi connectivity index (χ4v) is 7.31. The highest BCUT2D eigenvalue weighted by Gasteiger charge is 2.42. The molecule has 4 atom stereocenters. The van der Waals surface area contributed by atoms with E-state index in [0.29, 0.717) is 12.0 Å². The van der Waals surface area contributed by atoms with Crippen LogP contribution in [0.5, 0.6) is 0 Å². The van der Waals surface area contributed by atoms with Crippen molar-refractivity contribution in [2.24, 2.45) is 5.92 Å². The molecule has 0 spiro atoms. The third-order valence-corrected chi connectivity index (χ3v) is 9.74. The van der Waals surface area contributed by atoms with Crippen LogP contribution in [0.3, 0.4) is 0 Å². The van der Waals surface area contributed by atoms with Crippen LogP contribution in [0, 0.1) is 5.92 Å². The van der Waals surface area contributed by atoms with Gasteiger partial charge >= 0.3 is 0 Å². The number of nitrogens with zero attached hydrogens (tertiary/aromatic N) is 1. The normalized spacial score (nSPS) is 24.2. The molecule has 4 unspecified atom stereocenters. The summed E-state index contributed by atoms with van der Waals surface area (Å²) < 4.78 is 0. The number of nitrogens with one attached hydrogen (secondary N) is 2. The molecule has 3 nitrogen and oxygen atoms in total. The molecule has 44 heavy (non-hydrogen) atoms. The van der Waals surface area contributed by atoms with E-state index in [-0.39, 0.29) is 11.5 Å². The molecule has 4 aromatic carbocycles. The summed E-state index contributed by atoms with van der Waals surface area (Å²) in [6.07, 6.45) is 21.5. The second kappa shape index (κ2) is 10.9. The van der Waals surface area contributed by atoms with Crippen LogP contribution in [0.15, 0.2) is 152 Å². The van der Waals surface area contributed by atoms with E-state index in [2.05, 4.69) is 174 Å². The molecule has 2 heterocycles. The lowest BCUT2D eigenvalue weighted by atomic mass is 9.76. The van der Waals surface area contributed by atoms with Gasteiger partial charge in [-0.25, -0.2) is 0 Å². The van der Waals surface area contributed by atoms with Gasteiger partial charge in [0, 0.05) is 34.8 Å². The van der Waals surface area contributed by atoms with Crippen LogP contribution in [0.1, 0.15) is 30.0 Å². The summed E-state index contributed by atoms with van der Waals surface area (Å²) in [5.41, 5.74) is 11.0. The largest absolute Gasteiger partial charge is 0.376 e. The quantitative estimate of drug-likeness (QED) is 0.231. The van der Waals surface area contributed by atoms with E-state index in [9.17, 15) is 0 Å². The summed E-state index contributed by atoms with van der Waals surface area (Å²) in [6.45, 7) is 3.20. The van der Waals surface area contributed by atoms with Gasteiger partial charge in [-0.05, 0) is 59.9 Å². The summed E-state index contributed by atoms with van der Waals surface area (Å²) in [6, 6.07) is 35.7. The molecule has 2 aliphatic heterocycles. The minimum Gasteiger partial charge on any atom is -0.376 e. The second-order valence-corrected chi connectivity index (χ2v) is 12.5. The van der Waals surface area contributed by atoms with E-state index in [1.54, 1.807) is 0 Å². The zero-order valence-corrected chi connectivity index (χ0v) is 25.0. The molecule has 0 amide bonds. The van der Waals surface area contributed by atoms with Crippen LogP contribution < -0.4 is 10.6 Å². The van der Waals surface area contributed by atoms with Crippen LogP contribution >= 0.6 is 0 Å². The van der Waals surface area contributed by atoms with Crippen LogP contribution in [-0.2, 0) is 12.0 Å². The Balaban J connectivity index is 1.16. The van der Waals surface area contributed by atoms with E-state index in [0.717, 1.165) is 24.3 Å². The first kappa shape index (κ1) is 26.6. The molecule has 2 aliphatic carbocycles. The number of benzene rings is 4. The first-order valence-corrected chi connectivity index (χ1v) is 15.8. The van der Waals surface area contributed by atoms with Gasteiger partial charge < -0.3 is 15.5 Å². The number of fused-ring (bicyclic) bond motifs is 3. The van der Waals surface area contributed by atoms with Crippen molar-refractivity contribution in [2.45, 2.75) is 37.4 Å². The molecule has 216 valence electrons. The first-order valence-electron chi connectivity index (χ1n) is 15.8. The van der Waals surface area contributed by atoms with Crippen molar-refractivity contribution in [2.75, 3.05) is 10.6 Å². The fourth-order valence-electron chi connectivity index (χ4n) is 7.31. The summed E-state index contributed by atoms with van der Waals surface area (Å²) >= 11 is 0. The lowest BCUT2D eigenvalue weighted by Gasteiger charge is -2.45. The van der Waals surface area contributed by atoms with Gasteiger partial charge in [0.05, 0.1) is 23.5 Å². The average Bonchev–Trinajstić information content (AvgIpc) is 3.37. The molecule has 8 rings (SSSR count). The second-order valence-electron chi connectivity index (χ2n) is 12.5. The van der Waals surface area contributed by atoms with Gasteiger partial charge in [-0.1, -0.05) is 127 Å². The predicted octanol–water partition coefficient (Wildman–Crippen LogP) is 9.63. The van der Waals surface area contributed by atoms with Gasteiger partial charge in [0.2, 0.25) is 0 Å². The van der Waals surface area contributed by atoms with Crippen LogP contribution in [0.4, 0.5) is 17.1 Å².